The molecule has 1 nitrogen and oxygen atoms in total. The highest BCUT2D eigenvalue weighted by Crippen LogP contribution is 2.54. The SMILES string of the molecule is CCCCCCCCC(C1CCCC1)C(OC)(C1=CCCC1)C1CCCC1. The Balaban J connectivity index is 1.76. The van der Waals surface area contributed by atoms with Gasteiger partial charge in [0, 0.05) is 7.11 Å². The first kappa shape index (κ1) is 21.4. The Hall–Kier alpha value is -0.300. The van der Waals surface area contributed by atoms with E-state index in [1.165, 1.54) is 116 Å². The van der Waals surface area contributed by atoms with Crippen LogP contribution in [0.2, 0.25) is 0 Å². The van der Waals surface area contributed by atoms with Crippen LogP contribution in [-0.4, -0.2) is 12.7 Å². The first-order valence-corrected chi connectivity index (χ1v) is 12.6. The lowest BCUT2D eigenvalue weighted by Gasteiger charge is -2.48. The summed E-state index contributed by atoms with van der Waals surface area (Å²) < 4.78 is 6.71. The van der Waals surface area contributed by atoms with Crippen molar-refractivity contribution in [1.82, 2.24) is 0 Å². The number of allylic oxidation sites excluding steroid dienone is 1. The molecule has 0 amide bonds. The molecular formula is C26H46O. The number of hydrogen-bond donors (Lipinski definition) is 0. The van der Waals surface area contributed by atoms with Gasteiger partial charge >= 0.3 is 0 Å². The van der Waals surface area contributed by atoms with Crippen molar-refractivity contribution >= 4 is 0 Å². The highest BCUT2D eigenvalue weighted by atomic mass is 16.5. The van der Waals surface area contributed by atoms with Crippen LogP contribution >= 0.6 is 0 Å². The van der Waals surface area contributed by atoms with Crippen molar-refractivity contribution < 1.29 is 4.74 Å². The van der Waals surface area contributed by atoms with Gasteiger partial charge in [0.15, 0.2) is 0 Å². The molecular weight excluding hydrogens is 328 g/mol. The van der Waals surface area contributed by atoms with E-state index in [4.69, 9.17) is 4.74 Å². The van der Waals surface area contributed by atoms with Gasteiger partial charge in [-0.1, -0.05) is 90.0 Å². The van der Waals surface area contributed by atoms with Gasteiger partial charge in [0.1, 0.15) is 0 Å². The van der Waals surface area contributed by atoms with Gasteiger partial charge in [-0.15, -0.1) is 0 Å². The van der Waals surface area contributed by atoms with Crippen LogP contribution in [0.3, 0.4) is 0 Å². The molecule has 2 atom stereocenters. The van der Waals surface area contributed by atoms with E-state index in [2.05, 4.69) is 20.1 Å². The third-order valence-corrected chi connectivity index (χ3v) is 8.23. The summed E-state index contributed by atoms with van der Waals surface area (Å²) in [6, 6.07) is 0. The molecule has 0 aromatic carbocycles. The molecule has 0 saturated heterocycles. The Morgan fingerprint density at radius 3 is 2.22 bits per heavy atom. The summed E-state index contributed by atoms with van der Waals surface area (Å²) in [6.45, 7) is 2.32. The van der Waals surface area contributed by atoms with Crippen molar-refractivity contribution in [3.8, 4) is 0 Å². The Morgan fingerprint density at radius 2 is 1.59 bits per heavy atom. The highest BCUT2D eigenvalue weighted by molar-refractivity contribution is 5.26. The van der Waals surface area contributed by atoms with E-state index in [9.17, 15) is 0 Å². The molecule has 1 heteroatoms. The second-order valence-electron chi connectivity index (χ2n) is 9.81. The zero-order valence-electron chi connectivity index (χ0n) is 18.4. The van der Waals surface area contributed by atoms with Gasteiger partial charge < -0.3 is 4.74 Å². The van der Waals surface area contributed by atoms with Gasteiger partial charge in [0.25, 0.3) is 0 Å². The summed E-state index contributed by atoms with van der Waals surface area (Å²) in [5.74, 6) is 2.49. The van der Waals surface area contributed by atoms with Crippen molar-refractivity contribution in [2.75, 3.05) is 7.11 Å². The molecule has 0 bridgehead atoms. The van der Waals surface area contributed by atoms with E-state index >= 15 is 0 Å². The minimum atomic E-state index is 0.0887. The average Bonchev–Trinajstić information content (AvgIpc) is 3.46. The molecule has 2 fully saturated rings. The van der Waals surface area contributed by atoms with Crippen molar-refractivity contribution in [3.63, 3.8) is 0 Å². The smallest absolute Gasteiger partial charge is 0.0946 e. The van der Waals surface area contributed by atoms with Gasteiger partial charge in [0.05, 0.1) is 5.60 Å². The van der Waals surface area contributed by atoms with Crippen molar-refractivity contribution in [2.45, 2.75) is 128 Å². The molecule has 0 heterocycles. The average molecular weight is 375 g/mol. The normalized spacial score (nSPS) is 25.0. The number of rotatable bonds is 12. The van der Waals surface area contributed by atoms with Crippen LogP contribution in [-0.2, 0) is 4.74 Å². The second-order valence-corrected chi connectivity index (χ2v) is 9.81. The van der Waals surface area contributed by atoms with Crippen LogP contribution in [0.4, 0.5) is 0 Å². The summed E-state index contributed by atoms with van der Waals surface area (Å²) in [5, 5.41) is 0. The quantitative estimate of drug-likeness (QED) is 0.247. The summed E-state index contributed by atoms with van der Waals surface area (Å²) >= 11 is 0. The van der Waals surface area contributed by atoms with Crippen LogP contribution in [0.25, 0.3) is 0 Å². The first-order chi connectivity index (χ1) is 13.3. The van der Waals surface area contributed by atoms with E-state index in [-0.39, 0.29) is 5.60 Å². The Labute approximate surface area is 169 Å². The second kappa shape index (κ2) is 11.0. The van der Waals surface area contributed by atoms with Crippen LogP contribution in [0, 0.1) is 17.8 Å². The van der Waals surface area contributed by atoms with Gasteiger partial charge in [0.2, 0.25) is 0 Å². The van der Waals surface area contributed by atoms with Gasteiger partial charge in [-0.05, 0) is 61.9 Å². The zero-order valence-corrected chi connectivity index (χ0v) is 18.4. The molecule has 2 saturated carbocycles. The minimum absolute atomic E-state index is 0.0887. The van der Waals surface area contributed by atoms with E-state index in [1.54, 1.807) is 5.57 Å². The summed E-state index contributed by atoms with van der Waals surface area (Å²) in [6.07, 6.45) is 28.0. The number of unbranched alkanes of at least 4 members (excludes halogenated alkanes) is 5. The first-order valence-electron chi connectivity index (χ1n) is 12.6. The van der Waals surface area contributed by atoms with Crippen LogP contribution in [0.1, 0.15) is 122 Å². The van der Waals surface area contributed by atoms with Crippen molar-refractivity contribution in [3.05, 3.63) is 11.6 Å². The summed E-state index contributed by atoms with van der Waals surface area (Å²) in [5.41, 5.74) is 1.81. The highest BCUT2D eigenvalue weighted by Gasteiger charge is 2.51. The molecule has 3 aliphatic rings. The molecule has 0 N–H and O–H groups in total. The van der Waals surface area contributed by atoms with E-state index in [0.29, 0.717) is 0 Å². The minimum Gasteiger partial charge on any atom is -0.373 e. The lowest BCUT2D eigenvalue weighted by Crippen LogP contribution is -2.50. The molecule has 3 rings (SSSR count). The summed E-state index contributed by atoms with van der Waals surface area (Å²) in [4.78, 5) is 0. The van der Waals surface area contributed by atoms with E-state index < -0.39 is 0 Å². The maximum Gasteiger partial charge on any atom is 0.0946 e. The Morgan fingerprint density at radius 1 is 0.926 bits per heavy atom. The molecule has 0 radical (unpaired) electrons. The van der Waals surface area contributed by atoms with Gasteiger partial charge in [-0.2, -0.15) is 0 Å². The lowest BCUT2D eigenvalue weighted by molar-refractivity contribution is -0.0933. The molecule has 0 aliphatic heterocycles. The maximum absolute atomic E-state index is 6.71. The van der Waals surface area contributed by atoms with E-state index in [1.807, 2.05) is 0 Å². The number of methoxy groups -OCH3 is 1. The molecule has 27 heavy (non-hydrogen) atoms. The fraction of sp³-hybridized carbons (Fsp3) is 0.923. The third kappa shape index (κ3) is 5.01. The maximum atomic E-state index is 6.71. The molecule has 0 aromatic heterocycles. The van der Waals surface area contributed by atoms with Gasteiger partial charge in [-0.3, -0.25) is 0 Å². The lowest BCUT2D eigenvalue weighted by atomic mass is 9.64. The fourth-order valence-electron chi connectivity index (χ4n) is 6.94. The predicted molar refractivity (Wildman–Crippen MR) is 117 cm³/mol. The van der Waals surface area contributed by atoms with Crippen molar-refractivity contribution in [1.29, 1.82) is 0 Å². The molecule has 2 unspecified atom stereocenters. The zero-order chi connectivity index (χ0) is 19.0. The largest absolute Gasteiger partial charge is 0.373 e. The predicted octanol–water partition coefficient (Wildman–Crippen LogP) is 8.23. The molecule has 0 spiro atoms. The van der Waals surface area contributed by atoms with Crippen LogP contribution < -0.4 is 0 Å². The third-order valence-electron chi connectivity index (χ3n) is 8.23. The number of ether oxygens (including phenoxy) is 1. The topological polar surface area (TPSA) is 9.23 Å². The summed E-state index contributed by atoms with van der Waals surface area (Å²) in [7, 11) is 2.07. The van der Waals surface area contributed by atoms with E-state index in [0.717, 1.165) is 17.8 Å². The Kier molecular flexibility index (Phi) is 8.75. The van der Waals surface area contributed by atoms with Crippen LogP contribution in [0.15, 0.2) is 11.6 Å². The fourth-order valence-corrected chi connectivity index (χ4v) is 6.94. The Bertz CT molecular complexity index is 441. The van der Waals surface area contributed by atoms with Crippen LogP contribution in [0.5, 0.6) is 0 Å². The number of hydrogen-bond acceptors (Lipinski definition) is 1. The molecule has 0 aromatic rings. The standard InChI is InChI=1S/C26H46O/c1-3-4-5-6-7-8-21-25(22-15-9-10-16-22)26(27-2,23-17-11-12-18-23)24-19-13-14-20-24/h17,22,24-25H,3-16,18-21H2,1-2H3. The molecule has 156 valence electrons. The monoisotopic (exact) mass is 374 g/mol. The molecule has 3 aliphatic carbocycles. The van der Waals surface area contributed by atoms with Gasteiger partial charge in [-0.25, -0.2) is 0 Å². The van der Waals surface area contributed by atoms with Crippen molar-refractivity contribution in [2.24, 2.45) is 17.8 Å².